The summed E-state index contributed by atoms with van der Waals surface area (Å²) >= 11 is 1.21. The predicted octanol–water partition coefficient (Wildman–Crippen LogP) is 0.554. The van der Waals surface area contributed by atoms with Gasteiger partial charge in [-0.25, -0.2) is 4.98 Å². The van der Waals surface area contributed by atoms with Gasteiger partial charge in [0, 0.05) is 11.4 Å². The molecular weight excluding hydrogens is 214 g/mol. The van der Waals surface area contributed by atoms with E-state index in [-0.39, 0.29) is 11.6 Å². The minimum atomic E-state index is -0.585. The van der Waals surface area contributed by atoms with Gasteiger partial charge < -0.3 is 11.1 Å². The first-order valence-electron chi connectivity index (χ1n) is 4.67. The number of nitrogens with two attached hydrogens (primary N) is 1. The molecule has 0 aliphatic heterocycles. The van der Waals surface area contributed by atoms with Gasteiger partial charge in [0.05, 0.1) is 0 Å². The summed E-state index contributed by atoms with van der Waals surface area (Å²) in [6.07, 6.45) is 0.648. The second kappa shape index (κ2) is 4.88. The summed E-state index contributed by atoms with van der Waals surface area (Å²) in [5.74, 6) is -0.844. The maximum atomic E-state index is 11.4. The minimum Gasteiger partial charge on any atom is -0.364 e. The zero-order valence-corrected chi connectivity index (χ0v) is 9.48. The Kier molecular flexibility index (Phi) is 3.79. The Morgan fingerprint density at radius 3 is 2.53 bits per heavy atom. The summed E-state index contributed by atoms with van der Waals surface area (Å²) in [6, 6.07) is 0. The molecule has 3 N–H and O–H groups in total. The van der Waals surface area contributed by atoms with Crippen molar-refractivity contribution in [3.63, 3.8) is 0 Å². The van der Waals surface area contributed by atoms with Crippen LogP contribution in [0, 0.1) is 0 Å². The van der Waals surface area contributed by atoms with E-state index in [1.165, 1.54) is 11.3 Å². The number of hydrogen-bond acceptors (Lipinski definition) is 4. The summed E-state index contributed by atoms with van der Waals surface area (Å²) in [6.45, 7) is 4.24. The second-order valence-corrected chi connectivity index (χ2v) is 3.95. The quantitative estimate of drug-likeness (QED) is 0.787. The van der Waals surface area contributed by atoms with Crippen molar-refractivity contribution < 1.29 is 9.59 Å². The largest absolute Gasteiger partial charge is 0.364 e. The van der Waals surface area contributed by atoms with Crippen LogP contribution in [0.3, 0.4) is 0 Å². The van der Waals surface area contributed by atoms with Crippen molar-refractivity contribution in [2.75, 3.05) is 6.54 Å². The Morgan fingerprint density at radius 2 is 2.13 bits per heavy atom. The molecule has 0 fully saturated rings. The Labute approximate surface area is 91.7 Å². The molecule has 2 amide bonds. The van der Waals surface area contributed by atoms with Gasteiger partial charge in [-0.05, 0) is 13.3 Å². The van der Waals surface area contributed by atoms with Gasteiger partial charge >= 0.3 is 0 Å². The highest BCUT2D eigenvalue weighted by Crippen LogP contribution is 2.18. The molecular formula is C9H13N3O2S. The average Bonchev–Trinajstić information content (AvgIpc) is 2.61. The summed E-state index contributed by atoms with van der Waals surface area (Å²) in [5.41, 5.74) is 5.36. The van der Waals surface area contributed by atoms with E-state index in [9.17, 15) is 9.59 Å². The van der Waals surface area contributed by atoms with E-state index in [0.717, 1.165) is 4.88 Å². The number of rotatable bonds is 4. The van der Waals surface area contributed by atoms with Gasteiger partial charge in [-0.2, -0.15) is 0 Å². The molecule has 0 atom stereocenters. The number of aromatic nitrogens is 1. The Morgan fingerprint density at radius 1 is 1.47 bits per heavy atom. The van der Waals surface area contributed by atoms with Gasteiger partial charge in [-0.1, -0.05) is 6.92 Å². The highest BCUT2D eigenvalue weighted by atomic mass is 32.1. The zero-order valence-electron chi connectivity index (χ0n) is 8.66. The maximum absolute atomic E-state index is 11.4. The van der Waals surface area contributed by atoms with E-state index in [2.05, 4.69) is 10.3 Å². The van der Waals surface area contributed by atoms with E-state index in [1.54, 1.807) is 0 Å². The van der Waals surface area contributed by atoms with E-state index < -0.39 is 5.91 Å². The SMILES string of the molecule is CCNC(=O)c1nc(C(N)=O)c(CC)s1. The van der Waals surface area contributed by atoms with Crippen molar-refractivity contribution in [2.45, 2.75) is 20.3 Å². The van der Waals surface area contributed by atoms with Crippen LogP contribution < -0.4 is 11.1 Å². The molecule has 0 aliphatic rings. The van der Waals surface area contributed by atoms with Gasteiger partial charge in [-0.3, -0.25) is 9.59 Å². The highest BCUT2D eigenvalue weighted by Gasteiger charge is 2.18. The van der Waals surface area contributed by atoms with E-state index in [0.29, 0.717) is 18.0 Å². The smallest absolute Gasteiger partial charge is 0.280 e. The third-order valence-corrected chi connectivity index (χ3v) is 2.98. The molecule has 1 heterocycles. The number of thiazole rings is 1. The standard InChI is InChI=1S/C9H13N3O2S/c1-3-5-6(7(10)13)12-9(15-5)8(14)11-4-2/h3-4H2,1-2H3,(H2,10,13)(H,11,14). The number of nitrogens with zero attached hydrogens (tertiary/aromatic N) is 1. The van der Waals surface area contributed by atoms with Crippen LogP contribution in [-0.2, 0) is 6.42 Å². The maximum Gasteiger partial charge on any atom is 0.280 e. The third kappa shape index (κ3) is 2.53. The van der Waals surface area contributed by atoms with Crippen LogP contribution in [0.2, 0.25) is 0 Å². The Balaban J connectivity index is 3.02. The van der Waals surface area contributed by atoms with Crippen LogP contribution >= 0.6 is 11.3 Å². The van der Waals surface area contributed by atoms with Crippen molar-refractivity contribution >= 4 is 23.2 Å². The van der Waals surface area contributed by atoms with Crippen LogP contribution in [0.4, 0.5) is 0 Å². The monoisotopic (exact) mass is 227 g/mol. The van der Waals surface area contributed by atoms with Gasteiger partial charge in [0.2, 0.25) is 0 Å². The average molecular weight is 227 g/mol. The molecule has 1 aromatic heterocycles. The topological polar surface area (TPSA) is 85.1 Å². The molecule has 15 heavy (non-hydrogen) atoms. The summed E-state index contributed by atoms with van der Waals surface area (Å²) in [5, 5.41) is 2.92. The zero-order chi connectivity index (χ0) is 11.4. The number of carbonyl (C=O) groups excluding carboxylic acids is 2. The van der Waals surface area contributed by atoms with Gasteiger partial charge in [-0.15, -0.1) is 11.3 Å². The lowest BCUT2D eigenvalue weighted by Crippen LogP contribution is -2.22. The van der Waals surface area contributed by atoms with Crippen LogP contribution in [0.1, 0.15) is 39.0 Å². The molecule has 0 aromatic carbocycles. The normalized spacial score (nSPS) is 10.0. The summed E-state index contributed by atoms with van der Waals surface area (Å²) in [7, 11) is 0. The highest BCUT2D eigenvalue weighted by molar-refractivity contribution is 7.13. The van der Waals surface area contributed by atoms with Crippen molar-refractivity contribution in [3.8, 4) is 0 Å². The van der Waals surface area contributed by atoms with Gasteiger partial charge in [0.1, 0.15) is 5.69 Å². The first-order chi connectivity index (χ1) is 7.10. The predicted molar refractivity (Wildman–Crippen MR) is 58.0 cm³/mol. The Hall–Kier alpha value is -1.43. The Bertz CT molecular complexity index is 387. The molecule has 0 unspecified atom stereocenters. The van der Waals surface area contributed by atoms with Crippen LogP contribution in [-0.4, -0.2) is 23.3 Å². The van der Waals surface area contributed by atoms with Crippen molar-refractivity contribution in [2.24, 2.45) is 5.73 Å². The van der Waals surface area contributed by atoms with Gasteiger partial charge in [0.25, 0.3) is 11.8 Å². The van der Waals surface area contributed by atoms with Crippen molar-refractivity contribution in [1.29, 1.82) is 0 Å². The number of amides is 2. The van der Waals surface area contributed by atoms with Crippen LogP contribution in [0.25, 0.3) is 0 Å². The van der Waals surface area contributed by atoms with Crippen molar-refractivity contribution in [1.82, 2.24) is 10.3 Å². The molecule has 0 saturated heterocycles. The number of hydrogen-bond donors (Lipinski definition) is 2. The molecule has 5 nitrogen and oxygen atoms in total. The van der Waals surface area contributed by atoms with Crippen molar-refractivity contribution in [3.05, 3.63) is 15.6 Å². The number of carbonyl (C=O) groups is 2. The van der Waals surface area contributed by atoms with Gasteiger partial charge in [0.15, 0.2) is 5.01 Å². The molecule has 0 saturated carbocycles. The second-order valence-electron chi connectivity index (χ2n) is 2.87. The first-order valence-corrected chi connectivity index (χ1v) is 5.49. The number of nitrogens with one attached hydrogen (secondary N) is 1. The van der Waals surface area contributed by atoms with Crippen LogP contribution in [0.15, 0.2) is 0 Å². The molecule has 0 spiro atoms. The van der Waals surface area contributed by atoms with E-state index >= 15 is 0 Å². The lowest BCUT2D eigenvalue weighted by molar-refractivity contribution is 0.0955. The number of aryl methyl sites for hydroxylation is 1. The molecule has 82 valence electrons. The number of primary amides is 1. The lowest BCUT2D eigenvalue weighted by Gasteiger charge is -1.95. The molecule has 0 aliphatic carbocycles. The minimum absolute atomic E-state index is 0.212. The van der Waals surface area contributed by atoms with E-state index in [4.69, 9.17) is 5.73 Å². The molecule has 1 aromatic rings. The molecule has 1 rings (SSSR count). The van der Waals surface area contributed by atoms with E-state index in [1.807, 2.05) is 13.8 Å². The molecule has 6 heteroatoms. The van der Waals surface area contributed by atoms with Crippen LogP contribution in [0.5, 0.6) is 0 Å². The summed E-state index contributed by atoms with van der Waals surface area (Å²) in [4.78, 5) is 27.1. The first kappa shape index (κ1) is 11.6. The fourth-order valence-electron chi connectivity index (χ4n) is 1.12. The fourth-order valence-corrected chi connectivity index (χ4v) is 2.04. The fraction of sp³-hybridized carbons (Fsp3) is 0.444. The lowest BCUT2D eigenvalue weighted by atomic mass is 10.3. The molecule has 0 bridgehead atoms. The summed E-state index contributed by atoms with van der Waals surface area (Å²) < 4.78 is 0. The molecule has 0 radical (unpaired) electrons. The third-order valence-electron chi connectivity index (χ3n) is 1.78.